The highest BCUT2D eigenvalue weighted by Crippen LogP contribution is 2.50. The van der Waals surface area contributed by atoms with E-state index < -0.39 is 0 Å². The maximum absolute atomic E-state index is 5.88. The molecule has 2 nitrogen and oxygen atoms in total. The zero-order valence-corrected chi connectivity index (χ0v) is 11.8. The first-order valence-electron chi connectivity index (χ1n) is 5.89. The largest absolute Gasteiger partial charge is 0.329 e. The van der Waals surface area contributed by atoms with Gasteiger partial charge in [0.05, 0.1) is 10.6 Å². The summed E-state index contributed by atoms with van der Waals surface area (Å²) < 4.78 is 0. The SMILES string of the molecule is Cc1ccsc1-c1nc(C2(CN)CC2)sc1C. The van der Waals surface area contributed by atoms with Gasteiger partial charge in [-0.2, -0.15) is 0 Å². The Morgan fingerprint density at radius 2 is 2.18 bits per heavy atom. The summed E-state index contributed by atoms with van der Waals surface area (Å²) in [6.45, 7) is 5.06. The fourth-order valence-corrected chi connectivity index (χ4v) is 4.32. The Morgan fingerprint density at radius 1 is 1.41 bits per heavy atom. The van der Waals surface area contributed by atoms with Crippen LogP contribution in [0.15, 0.2) is 11.4 Å². The van der Waals surface area contributed by atoms with Gasteiger partial charge < -0.3 is 5.73 Å². The second-order valence-corrected chi connectivity index (χ2v) is 6.96. The number of hydrogen-bond acceptors (Lipinski definition) is 4. The number of thiazole rings is 1. The van der Waals surface area contributed by atoms with Gasteiger partial charge in [0, 0.05) is 16.8 Å². The number of rotatable bonds is 3. The Balaban J connectivity index is 2.05. The van der Waals surface area contributed by atoms with Gasteiger partial charge in [0.25, 0.3) is 0 Å². The highest BCUT2D eigenvalue weighted by molar-refractivity contribution is 7.15. The number of nitrogens with two attached hydrogens (primary N) is 1. The molecule has 2 heterocycles. The van der Waals surface area contributed by atoms with Crippen LogP contribution in [0, 0.1) is 13.8 Å². The fraction of sp³-hybridized carbons (Fsp3) is 0.462. The molecular formula is C13H16N2S2. The average Bonchev–Trinajstić information content (AvgIpc) is 2.87. The minimum Gasteiger partial charge on any atom is -0.329 e. The van der Waals surface area contributed by atoms with Crippen LogP contribution in [0.2, 0.25) is 0 Å². The Morgan fingerprint density at radius 3 is 2.71 bits per heavy atom. The van der Waals surface area contributed by atoms with Crippen LogP contribution in [0.1, 0.15) is 28.3 Å². The Kier molecular flexibility index (Phi) is 2.61. The van der Waals surface area contributed by atoms with Crippen molar-refractivity contribution in [1.29, 1.82) is 0 Å². The van der Waals surface area contributed by atoms with Gasteiger partial charge in [0.15, 0.2) is 0 Å². The van der Waals surface area contributed by atoms with Crippen LogP contribution in [0.4, 0.5) is 0 Å². The molecule has 0 aromatic carbocycles. The highest BCUT2D eigenvalue weighted by Gasteiger charge is 2.46. The molecule has 1 fully saturated rings. The van der Waals surface area contributed by atoms with Gasteiger partial charge >= 0.3 is 0 Å². The summed E-state index contributed by atoms with van der Waals surface area (Å²) in [6.07, 6.45) is 2.42. The van der Waals surface area contributed by atoms with E-state index in [1.54, 1.807) is 11.3 Å². The predicted octanol–water partition coefficient (Wildman–Crippen LogP) is 3.48. The Labute approximate surface area is 110 Å². The molecule has 0 aliphatic heterocycles. The monoisotopic (exact) mass is 264 g/mol. The number of hydrogen-bond donors (Lipinski definition) is 1. The van der Waals surface area contributed by atoms with Gasteiger partial charge in [-0.15, -0.1) is 22.7 Å². The second-order valence-electron chi connectivity index (χ2n) is 4.84. The molecule has 1 aliphatic carbocycles. The summed E-state index contributed by atoms with van der Waals surface area (Å²) >= 11 is 3.61. The number of aromatic nitrogens is 1. The first-order chi connectivity index (χ1) is 8.16. The molecule has 2 aromatic heterocycles. The quantitative estimate of drug-likeness (QED) is 0.922. The smallest absolute Gasteiger partial charge is 0.101 e. The van der Waals surface area contributed by atoms with Gasteiger partial charge in [-0.3, -0.25) is 0 Å². The average molecular weight is 264 g/mol. The van der Waals surface area contributed by atoms with Crippen molar-refractivity contribution in [2.75, 3.05) is 6.54 Å². The molecule has 0 spiro atoms. The summed E-state index contributed by atoms with van der Waals surface area (Å²) in [5.74, 6) is 0. The maximum Gasteiger partial charge on any atom is 0.101 e. The zero-order chi connectivity index (χ0) is 12.0. The van der Waals surface area contributed by atoms with E-state index in [1.165, 1.54) is 38.9 Å². The van der Waals surface area contributed by atoms with Crippen molar-refractivity contribution in [3.05, 3.63) is 26.9 Å². The number of thiophene rings is 1. The van der Waals surface area contributed by atoms with E-state index in [0.29, 0.717) is 0 Å². The van der Waals surface area contributed by atoms with Crippen molar-refractivity contribution < 1.29 is 0 Å². The standard InChI is InChI=1S/C13H16N2S2/c1-8-3-6-16-11(8)10-9(2)17-12(15-10)13(7-14)4-5-13/h3,6H,4-5,7,14H2,1-2H3. The van der Waals surface area contributed by atoms with Crippen LogP contribution in [-0.4, -0.2) is 11.5 Å². The third-order valence-electron chi connectivity index (χ3n) is 3.57. The molecule has 0 atom stereocenters. The van der Waals surface area contributed by atoms with Gasteiger partial charge in [-0.05, 0) is 43.7 Å². The summed E-state index contributed by atoms with van der Waals surface area (Å²) in [6, 6.07) is 2.16. The predicted molar refractivity (Wildman–Crippen MR) is 74.9 cm³/mol. The van der Waals surface area contributed by atoms with E-state index in [4.69, 9.17) is 10.7 Å². The first kappa shape index (κ1) is 11.4. The van der Waals surface area contributed by atoms with E-state index in [0.717, 1.165) is 6.54 Å². The molecule has 0 unspecified atom stereocenters. The lowest BCUT2D eigenvalue weighted by atomic mass is 10.1. The summed E-state index contributed by atoms with van der Waals surface area (Å²) in [5.41, 5.74) is 8.60. The fourth-order valence-electron chi connectivity index (χ4n) is 2.11. The molecule has 4 heteroatoms. The van der Waals surface area contributed by atoms with Gasteiger partial charge in [-0.1, -0.05) is 0 Å². The first-order valence-corrected chi connectivity index (χ1v) is 7.58. The van der Waals surface area contributed by atoms with Crippen LogP contribution < -0.4 is 5.73 Å². The molecule has 0 saturated heterocycles. The van der Waals surface area contributed by atoms with Gasteiger partial charge in [0.1, 0.15) is 5.01 Å². The molecule has 2 aromatic rings. The molecule has 0 radical (unpaired) electrons. The minimum absolute atomic E-state index is 0.221. The molecule has 3 rings (SSSR count). The van der Waals surface area contributed by atoms with Crippen LogP contribution >= 0.6 is 22.7 Å². The van der Waals surface area contributed by atoms with Crippen LogP contribution in [-0.2, 0) is 5.41 Å². The van der Waals surface area contributed by atoms with E-state index in [2.05, 4.69) is 25.3 Å². The summed E-state index contributed by atoms with van der Waals surface area (Å²) in [7, 11) is 0. The van der Waals surface area contributed by atoms with Crippen molar-refractivity contribution >= 4 is 22.7 Å². The molecule has 0 bridgehead atoms. The van der Waals surface area contributed by atoms with E-state index in [9.17, 15) is 0 Å². The molecular weight excluding hydrogens is 248 g/mol. The van der Waals surface area contributed by atoms with E-state index in [1.807, 2.05) is 11.3 Å². The van der Waals surface area contributed by atoms with E-state index in [-0.39, 0.29) is 5.41 Å². The number of aryl methyl sites for hydroxylation is 2. The molecule has 17 heavy (non-hydrogen) atoms. The lowest BCUT2D eigenvalue weighted by Crippen LogP contribution is -2.19. The molecule has 2 N–H and O–H groups in total. The van der Waals surface area contributed by atoms with Gasteiger partial charge in [-0.25, -0.2) is 4.98 Å². The lowest BCUT2D eigenvalue weighted by Gasteiger charge is -2.06. The Hall–Kier alpha value is -0.710. The highest BCUT2D eigenvalue weighted by atomic mass is 32.1. The third kappa shape index (κ3) is 1.75. The normalized spacial score (nSPS) is 17.4. The maximum atomic E-state index is 5.88. The van der Waals surface area contributed by atoms with E-state index >= 15 is 0 Å². The van der Waals surface area contributed by atoms with Crippen LogP contribution in [0.3, 0.4) is 0 Å². The lowest BCUT2D eigenvalue weighted by molar-refractivity contribution is 0.698. The van der Waals surface area contributed by atoms with Crippen LogP contribution in [0.5, 0.6) is 0 Å². The van der Waals surface area contributed by atoms with Crippen molar-refractivity contribution in [3.63, 3.8) is 0 Å². The molecule has 0 amide bonds. The summed E-state index contributed by atoms with van der Waals surface area (Å²) in [4.78, 5) is 7.51. The minimum atomic E-state index is 0.221. The molecule has 90 valence electrons. The van der Waals surface area contributed by atoms with Gasteiger partial charge in [0.2, 0.25) is 0 Å². The third-order valence-corrected chi connectivity index (χ3v) is 5.81. The van der Waals surface area contributed by atoms with Crippen molar-refractivity contribution in [1.82, 2.24) is 4.98 Å². The Bertz CT molecular complexity index is 550. The second kappa shape index (κ2) is 3.90. The van der Waals surface area contributed by atoms with Crippen molar-refractivity contribution in [2.45, 2.75) is 32.1 Å². The number of nitrogens with zero attached hydrogens (tertiary/aromatic N) is 1. The molecule has 1 aliphatic rings. The molecule has 1 saturated carbocycles. The van der Waals surface area contributed by atoms with Crippen LogP contribution in [0.25, 0.3) is 10.6 Å². The summed E-state index contributed by atoms with van der Waals surface area (Å²) in [5, 5.41) is 3.39. The van der Waals surface area contributed by atoms with Crippen molar-refractivity contribution in [2.24, 2.45) is 5.73 Å². The topological polar surface area (TPSA) is 38.9 Å². The zero-order valence-electron chi connectivity index (χ0n) is 10.1. The van der Waals surface area contributed by atoms with Crippen molar-refractivity contribution in [3.8, 4) is 10.6 Å².